The summed E-state index contributed by atoms with van der Waals surface area (Å²) in [6, 6.07) is 12.3. The van der Waals surface area contributed by atoms with Gasteiger partial charge in [0, 0.05) is 33.6 Å². The van der Waals surface area contributed by atoms with E-state index in [4.69, 9.17) is 21.4 Å². The van der Waals surface area contributed by atoms with Crippen molar-refractivity contribution in [1.29, 1.82) is 0 Å². The lowest BCUT2D eigenvalue weighted by Crippen LogP contribution is -2.01. The van der Waals surface area contributed by atoms with Crippen molar-refractivity contribution in [2.45, 2.75) is 6.42 Å². The quantitative estimate of drug-likeness (QED) is 0.639. The van der Waals surface area contributed by atoms with Crippen LogP contribution < -0.4 is 4.74 Å². The maximum atomic E-state index is 8.90. The number of aromatic nitrogens is 1. The molecule has 0 atom stereocenters. The van der Waals surface area contributed by atoms with Crippen molar-refractivity contribution in [2.24, 2.45) is 0 Å². The number of halogens is 2. The molecule has 2 N–H and O–H groups in total. The molecule has 0 amide bonds. The number of hydrogen-bond acceptors (Lipinski definition) is 2. The molecule has 0 saturated carbocycles. The molecule has 1 aliphatic carbocycles. The van der Waals surface area contributed by atoms with E-state index in [0.717, 1.165) is 27.5 Å². The molecule has 0 fully saturated rings. The van der Waals surface area contributed by atoms with E-state index in [1.54, 1.807) is 0 Å². The number of aromatic amines is 1. The van der Waals surface area contributed by atoms with Crippen molar-refractivity contribution in [3.8, 4) is 5.75 Å². The molecule has 3 nitrogen and oxygen atoms in total. The van der Waals surface area contributed by atoms with Gasteiger partial charge < -0.3 is 14.8 Å². The van der Waals surface area contributed by atoms with Gasteiger partial charge in [-0.05, 0) is 47.0 Å². The van der Waals surface area contributed by atoms with Crippen LogP contribution in [0.25, 0.3) is 22.6 Å². The first kappa shape index (κ1) is 15.8. The molecule has 0 bridgehead atoms. The van der Waals surface area contributed by atoms with Crippen molar-refractivity contribution >= 4 is 50.1 Å². The van der Waals surface area contributed by atoms with E-state index in [2.05, 4.69) is 51.3 Å². The molecule has 1 aliphatic rings. The second-order valence-corrected chi connectivity index (χ2v) is 7.14. The third-order valence-electron chi connectivity index (χ3n) is 4.18. The molecule has 0 aliphatic heterocycles. The molecule has 5 heteroatoms. The summed E-state index contributed by atoms with van der Waals surface area (Å²) < 4.78 is 6.57. The molecule has 0 unspecified atom stereocenters. The smallest absolute Gasteiger partial charge is 0.140 e. The fourth-order valence-corrected chi connectivity index (χ4v) is 3.69. The Kier molecular flexibility index (Phi) is 4.12. The first-order valence-corrected chi connectivity index (χ1v) is 8.86. The van der Waals surface area contributed by atoms with E-state index in [0.29, 0.717) is 10.8 Å². The van der Waals surface area contributed by atoms with E-state index < -0.39 is 0 Å². The van der Waals surface area contributed by atoms with Crippen LogP contribution in [0, 0.1) is 0 Å². The van der Waals surface area contributed by atoms with Gasteiger partial charge in [0.05, 0.1) is 11.6 Å². The predicted molar refractivity (Wildman–Crippen MR) is 102 cm³/mol. The summed E-state index contributed by atoms with van der Waals surface area (Å²) >= 11 is 9.79. The van der Waals surface area contributed by atoms with Crippen LogP contribution in [0.5, 0.6) is 5.75 Å². The van der Waals surface area contributed by atoms with Crippen molar-refractivity contribution < 1.29 is 9.84 Å². The Morgan fingerprint density at radius 2 is 2.08 bits per heavy atom. The van der Waals surface area contributed by atoms with Crippen molar-refractivity contribution in [1.82, 2.24) is 4.98 Å². The topological polar surface area (TPSA) is 45.2 Å². The lowest BCUT2D eigenvalue weighted by atomic mass is 10.1. The van der Waals surface area contributed by atoms with Crippen molar-refractivity contribution in [3.63, 3.8) is 0 Å². The van der Waals surface area contributed by atoms with Crippen LogP contribution in [0.4, 0.5) is 0 Å². The number of aliphatic hydroxyl groups excluding tert-OH is 1. The molecule has 1 aromatic heterocycles. The summed E-state index contributed by atoms with van der Waals surface area (Å²) in [6.07, 6.45) is 3.13. The van der Waals surface area contributed by atoms with Gasteiger partial charge in [0.1, 0.15) is 12.4 Å². The standard InChI is InChI=1S/C19H15BrClNO2/c20-15-2-1-11-5-13(6-12(11)7-15)17-9-14-8-16(21)19(24-4-3-23)10-18(14)22-17/h1-2,5,7-10,22-23H,3-4,6H2. The molecule has 0 spiro atoms. The Bertz CT molecular complexity index is 961. The summed E-state index contributed by atoms with van der Waals surface area (Å²) in [5, 5.41) is 10.5. The largest absolute Gasteiger partial charge is 0.490 e. The number of fused-ring (bicyclic) bond motifs is 2. The molecular formula is C19H15BrClNO2. The first-order chi connectivity index (χ1) is 11.6. The molecule has 0 saturated heterocycles. The zero-order chi connectivity index (χ0) is 16.7. The van der Waals surface area contributed by atoms with Crippen LogP contribution in [0.1, 0.15) is 16.8 Å². The lowest BCUT2D eigenvalue weighted by molar-refractivity contribution is 0.201. The Balaban J connectivity index is 1.69. The molecule has 2 aromatic carbocycles. The number of aliphatic hydroxyl groups is 1. The summed E-state index contributed by atoms with van der Waals surface area (Å²) in [5.41, 5.74) is 5.90. The number of ether oxygens (including phenoxy) is 1. The molecular weight excluding hydrogens is 390 g/mol. The third-order valence-corrected chi connectivity index (χ3v) is 4.97. The molecule has 4 rings (SSSR count). The Hall–Kier alpha value is -1.75. The average Bonchev–Trinajstić information content (AvgIpc) is 3.15. The number of H-pyrrole nitrogens is 1. The SMILES string of the molecule is OCCOc1cc2[nH]c(C3=Cc4ccc(Br)cc4C3)cc2cc1Cl. The van der Waals surface area contributed by atoms with Gasteiger partial charge in [0.2, 0.25) is 0 Å². The van der Waals surface area contributed by atoms with Gasteiger partial charge in [-0.25, -0.2) is 0 Å². The second-order valence-electron chi connectivity index (χ2n) is 5.81. The fraction of sp³-hybridized carbons (Fsp3) is 0.158. The fourth-order valence-electron chi connectivity index (χ4n) is 3.06. The van der Waals surface area contributed by atoms with Gasteiger partial charge in [0.15, 0.2) is 0 Å². The van der Waals surface area contributed by atoms with Crippen LogP contribution in [-0.4, -0.2) is 23.3 Å². The minimum absolute atomic E-state index is 0.0367. The zero-order valence-corrected chi connectivity index (χ0v) is 15.1. The van der Waals surface area contributed by atoms with E-state index in [-0.39, 0.29) is 13.2 Å². The highest BCUT2D eigenvalue weighted by Crippen LogP contribution is 2.36. The van der Waals surface area contributed by atoms with E-state index in [1.165, 1.54) is 16.7 Å². The van der Waals surface area contributed by atoms with Crippen LogP contribution in [-0.2, 0) is 6.42 Å². The lowest BCUT2D eigenvalue weighted by Gasteiger charge is -2.06. The van der Waals surface area contributed by atoms with Crippen molar-refractivity contribution in [2.75, 3.05) is 13.2 Å². The number of benzene rings is 2. The summed E-state index contributed by atoms with van der Waals surface area (Å²) in [6.45, 7) is 0.194. The number of hydrogen-bond donors (Lipinski definition) is 2. The Morgan fingerprint density at radius 1 is 1.21 bits per heavy atom. The average molecular weight is 405 g/mol. The van der Waals surface area contributed by atoms with E-state index in [1.807, 2.05) is 12.1 Å². The maximum absolute atomic E-state index is 8.90. The van der Waals surface area contributed by atoms with Crippen LogP contribution in [0.2, 0.25) is 5.02 Å². The molecule has 1 heterocycles. The van der Waals surface area contributed by atoms with Gasteiger partial charge in [0.25, 0.3) is 0 Å². The normalized spacial score (nSPS) is 13.2. The molecule has 122 valence electrons. The second kappa shape index (κ2) is 6.28. The van der Waals surface area contributed by atoms with Crippen molar-refractivity contribution in [3.05, 3.63) is 62.7 Å². The van der Waals surface area contributed by atoms with Crippen LogP contribution >= 0.6 is 27.5 Å². The highest BCUT2D eigenvalue weighted by molar-refractivity contribution is 9.10. The Labute approximate surface area is 153 Å². The highest BCUT2D eigenvalue weighted by atomic mass is 79.9. The number of allylic oxidation sites excluding steroid dienone is 1. The molecule has 3 aromatic rings. The minimum Gasteiger partial charge on any atom is -0.490 e. The van der Waals surface area contributed by atoms with Gasteiger partial charge >= 0.3 is 0 Å². The zero-order valence-electron chi connectivity index (χ0n) is 12.8. The first-order valence-electron chi connectivity index (χ1n) is 7.69. The summed E-state index contributed by atoms with van der Waals surface area (Å²) in [7, 11) is 0. The van der Waals surface area contributed by atoms with Gasteiger partial charge in [-0.2, -0.15) is 0 Å². The number of nitrogens with one attached hydrogen (secondary N) is 1. The Morgan fingerprint density at radius 3 is 2.92 bits per heavy atom. The molecule has 24 heavy (non-hydrogen) atoms. The van der Waals surface area contributed by atoms with E-state index >= 15 is 0 Å². The summed E-state index contributed by atoms with van der Waals surface area (Å²) in [5.74, 6) is 0.583. The van der Waals surface area contributed by atoms with Gasteiger partial charge in [-0.3, -0.25) is 0 Å². The monoisotopic (exact) mass is 403 g/mol. The van der Waals surface area contributed by atoms with E-state index in [9.17, 15) is 0 Å². The van der Waals surface area contributed by atoms with Gasteiger partial charge in [-0.1, -0.05) is 33.6 Å². The van der Waals surface area contributed by atoms with Crippen LogP contribution in [0.3, 0.4) is 0 Å². The van der Waals surface area contributed by atoms with Crippen LogP contribution in [0.15, 0.2) is 40.9 Å². The predicted octanol–water partition coefficient (Wildman–Crippen LogP) is 5.05. The maximum Gasteiger partial charge on any atom is 0.140 e. The molecule has 0 radical (unpaired) electrons. The highest BCUT2D eigenvalue weighted by Gasteiger charge is 2.16. The summed E-state index contributed by atoms with van der Waals surface area (Å²) in [4.78, 5) is 3.45. The minimum atomic E-state index is -0.0367. The number of rotatable bonds is 4. The third kappa shape index (κ3) is 2.86. The van der Waals surface area contributed by atoms with Gasteiger partial charge in [-0.15, -0.1) is 0 Å².